The zero-order chi connectivity index (χ0) is 36.7. The second kappa shape index (κ2) is 11.7. The fraction of sp³-hybridized carbons (Fsp3) is 0.184. The Hall–Kier alpha value is -6.18. The number of nitrogens with zero attached hydrogens (tertiary/aromatic N) is 4. The zero-order valence-electron chi connectivity index (χ0n) is 31.0. The van der Waals surface area contributed by atoms with Gasteiger partial charge in [-0.05, 0) is 84.7 Å². The molecule has 2 aliphatic rings. The van der Waals surface area contributed by atoms with Gasteiger partial charge < -0.3 is 0 Å². The standard InChI is InChI=1S/C49H40N4/c1-47(2,3)34-19-22-36-37-23-20-35(48(4,5)6)28-43(37)49(42(36)27-34)40-24-17-30(29-50)25-39(40)38-21-18-33(26-41(38)49)46-52-44(31-13-9-7-10-14-31)51-45(53-46)32-15-11-8-12-16-32/h7-28H,1-6H3. The minimum atomic E-state index is -0.612. The van der Waals surface area contributed by atoms with Crippen molar-refractivity contribution in [1.82, 2.24) is 15.0 Å². The predicted molar refractivity (Wildman–Crippen MR) is 215 cm³/mol. The van der Waals surface area contributed by atoms with Crippen LogP contribution in [0, 0.1) is 11.3 Å². The van der Waals surface area contributed by atoms with E-state index in [0.717, 1.165) is 27.8 Å². The van der Waals surface area contributed by atoms with Crippen LogP contribution >= 0.6 is 0 Å². The van der Waals surface area contributed by atoms with Crippen molar-refractivity contribution < 1.29 is 0 Å². The summed E-state index contributed by atoms with van der Waals surface area (Å²) < 4.78 is 0. The van der Waals surface area contributed by atoms with Gasteiger partial charge in [0.2, 0.25) is 0 Å². The molecule has 0 radical (unpaired) electrons. The van der Waals surface area contributed by atoms with Crippen molar-refractivity contribution in [3.63, 3.8) is 0 Å². The summed E-state index contributed by atoms with van der Waals surface area (Å²) >= 11 is 0. The number of fused-ring (bicyclic) bond motifs is 10. The van der Waals surface area contributed by atoms with Crippen molar-refractivity contribution in [2.75, 3.05) is 0 Å². The van der Waals surface area contributed by atoms with Crippen LogP contribution in [0.4, 0.5) is 0 Å². The monoisotopic (exact) mass is 684 g/mol. The molecular weight excluding hydrogens is 645 g/mol. The van der Waals surface area contributed by atoms with Gasteiger partial charge in [0.05, 0.1) is 17.0 Å². The van der Waals surface area contributed by atoms with E-state index in [0.29, 0.717) is 23.0 Å². The lowest BCUT2D eigenvalue weighted by Gasteiger charge is -2.33. The Kier molecular flexibility index (Phi) is 7.20. The fourth-order valence-electron chi connectivity index (χ4n) is 8.31. The van der Waals surface area contributed by atoms with E-state index in [2.05, 4.69) is 114 Å². The molecule has 4 heteroatoms. The van der Waals surface area contributed by atoms with Crippen molar-refractivity contribution in [3.05, 3.63) is 172 Å². The third-order valence-corrected chi connectivity index (χ3v) is 11.1. The molecule has 0 unspecified atom stereocenters. The van der Waals surface area contributed by atoms with Crippen LogP contribution in [-0.2, 0) is 16.2 Å². The van der Waals surface area contributed by atoms with E-state index < -0.39 is 5.41 Å². The van der Waals surface area contributed by atoms with E-state index >= 15 is 0 Å². The van der Waals surface area contributed by atoms with Gasteiger partial charge in [0.25, 0.3) is 0 Å². The number of hydrogen-bond donors (Lipinski definition) is 0. The normalized spacial score (nSPS) is 13.6. The highest BCUT2D eigenvalue weighted by Gasteiger charge is 2.52. The SMILES string of the molecule is CC(C)(C)c1ccc2c(c1)C1(c3ccc(C#N)cc3-c3ccc(-c4nc(-c5ccccc5)nc(-c5ccccc5)n4)cc31)c1cc(C(C)(C)C)ccc1-2. The molecule has 53 heavy (non-hydrogen) atoms. The summed E-state index contributed by atoms with van der Waals surface area (Å²) in [6, 6.07) is 49.7. The summed E-state index contributed by atoms with van der Waals surface area (Å²) in [5, 5.41) is 10.1. The van der Waals surface area contributed by atoms with Crippen LogP contribution in [-0.4, -0.2) is 15.0 Å². The molecule has 0 aliphatic heterocycles. The first-order chi connectivity index (χ1) is 25.5. The molecule has 7 aromatic rings. The molecule has 6 aromatic carbocycles. The van der Waals surface area contributed by atoms with Gasteiger partial charge in [-0.15, -0.1) is 0 Å². The van der Waals surface area contributed by atoms with E-state index in [1.54, 1.807) is 0 Å². The van der Waals surface area contributed by atoms with Gasteiger partial charge in [-0.3, -0.25) is 0 Å². The molecule has 1 heterocycles. The third kappa shape index (κ3) is 5.06. The van der Waals surface area contributed by atoms with E-state index in [4.69, 9.17) is 15.0 Å². The van der Waals surface area contributed by atoms with Crippen LogP contribution in [0.3, 0.4) is 0 Å². The molecule has 4 nitrogen and oxygen atoms in total. The highest BCUT2D eigenvalue weighted by molar-refractivity contribution is 5.96. The topological polar surface area (TPSA) is 62.5 Å². The molecule has 1 spiro atoms. The van der Waals surface area contributed by atoms with Gasteiger partial charge in [-0.25, -0.2) is 15.0 Å². The largest absolute Gasteiger partial charge is 0.208 e. The second-order valence-corrected chi connectivity index (χ2v) is 16.4. The van der Waals surface area contributed by atoms with Crippen molar-refractivity contribution in [2.45, 2.75) is 57.8 Å². The Morgan fingerprint density at radius 2 is 0.887 bits per heavy atom. The van der Waals surface area contributed by atoms with Gasteiger partial charge in [0.15, 0.2) is 17.5 Å². The van der Waals surface area contributed by atoms with Crippen LogP contribution in [0.1, 0.15) is 80.5 Å². The lowest BCUT2D eigenvalue weighted by Crippen LogP contribution is -2.27. The molecule has 2 aliphatic carbocycles. The second-order valence-electron chi connectivity index (χ2n) is 16.4. The molecule has 9 rings (SSSR count). The van der Waals surface area contributed by atoms with Gasteiger partial charge in [0, 0.05) is 16.7 Å². The molecule has 0 saturated heterocycles. The first kappa shape index (κ1) is 32.7. The Balaban J connectivity index is 1.37. The highest BCUT2D eigenvalue weighted by atomic mass is 15.0. The van der Waals surface area contributed by atoms with Crippen molar-refractivity contribution >= 4 is 0 Å². The summed E-state index contributed by atoms with van der Waals surface area (Å²) in [5.41, 5.74) is 15.0. The maximum atomic E-state index is 10.1. The lowest BCUT2D eigenvalue weighted by molar-refractivity contribution is 0.586. The summed E-state index contributed by atoms with van der Waals surface area (Å²) in [4.78, 5) is 15.2. The Morgan fingerprint density at radius 3 is 1.38 bits per heavy atom. The van der Waals surface area contributed by atoms with Gasteiger partial charge >= 0.3 is 0 Å². The summed E-state index contributed by atoms with van der Waals surface area (Å²) in [6.45, 7) is 13.7. The molecule has 0 fully saturated rings. The first-order valence-electron chi connectivity index (χ1n) is 18.3. The molecular formula is C49H40N4. The third-order valence-electron chi connectivity index (χ3n) is 11.1. The number of benzene rings is 6. The Bertz CT molecular complexity index is 2510. The predicted octanol–water partition coefficient (Wildman–Crippen LogP) is 11.7. The Morgan fingerprint density at radius 1 is 0.434 bits per heavy atom. The van der Waals surface area contributed by atoms with Gasteiger partial charge in [-0.1, -0.05) is 157 Å². The number of nitriles is 1. The summed E-state index contributed by atoms with van der Waals surface area (Å²) in [7, 11) is 0. The lowest BCUT2D eigenvalue weighted by atomic mass is 9.68. The molecule has 0 atom stereocenters. The highest BCUT2D eigenvalue weighted by Crippen LogP contribution is 2.64. The van der Waals surface area contributed by atoms with E-state index in [9.17, 15) is 5.26 Å². The molecule has 0 amide bonds. The van der Waals surface area contributed by atoms with Crippen LogP contribution in [0.25, 0.3) is 56.4 Å². The van der Waals surface area contributed by atoms with E-state index in [-0.39, 0.29) is 10.8 Å². The average molecular weight is 685 g/mol. The number of hydrogen-bond acceptors (Lipinski definition) is 4. The van der Waals surface area contributed by atoms with Gasteiger partial charge in [-0.2, -0.15) is 5.26 Å². The number of aromatic nitrogens is 3. The minimum absolute atomic E-state index is 0.0507. The molecule has 256 valence electrons. The van der Waals surface area contributed by atoms with Gasteiger partial charge in [0.1, 0.15) is 0 Å². The maximum absolute atomic E-state index is 10.1. The Labute approximate surface area is 311 Å². The molecule has 1 aromatic heterocycles. The first-order valence-corrected chi connectivity index (χ1v) is 18.3. The van der Waals surface area contributed by atoms with Crippen molar-refractivity contribution in [2.24, 2.45) is 0 Å². The van der Waals surface area contributed by atoms with Crippen molar-refractivity contribution in [3.8, 4) is 62.5 Å². The summed E-state index contributed by atoms with van der Waals surface area (Å²) in [5.74, 6) is 1.88. The quantitative estimate of drug-likeness (QED) is 0.186. The minimum Gasteiger partial charge on any atom is -0.208 e. The maximum Gasteiger partial charge on any atom is 0.164 e. The molecule has 0 saturated carbocycles. The average Bonchev–Trinajstić information content (AvgIpc) is 3.63. The van der Waals surface area contributed by atoms with Crippen LogP contribution in [0.15, 0.2) is 133 Å². The van der Waals surface area contributed by atoms with Crippen LogP contribution in [0.5, 0.6) is 0 Å². The molecule has 0 bridgehead atoms. The van der Waals surface area contributed by atoms with E-state index in [1.165, 1.54) is 44.5 Å². The summed E-state index contributed by atoms with van der Waals surface area (Å²) in [6.07, 6.45) is 0. The fourth-order valence-corrected chi connectivity index (χ4v) is 8.31. The van der Waals surface area contributed by atoms with Crippen LogP contribution < -0.4 is 0 Å². The van der Waals surface area contributed by atoms with Crippen LogP contribution in [0.2, 0.25) is 0 Å². The molecule has 0 N–H and O–H groups in total. The smallest absolute Gasteiger partial charge is 0.164 e. The zero-order valence-corrected chi connectivity index (χ0v) is 31.0. The van der Waals surface area contributed by atoms with E-state index in [1.807, 2.05) is 66.7 Å². The number of rotatable bonds is 3. The van der Waals surface area contributed by atoms with Crippen molar-refractivity contribution in [1.29, 1.82) is 5.26 Å².